The monoisotopic (exact) mass is 424 g/mol. The Morgan fingerprint density at radius 3 is 2.33 bits per heavy atom. The summed E-state index contributed by atoms with van der Waals surface area (Å²) in [6.45, 7) is 1.97. The zero-order valence-electron chi connectivity index (χ0n) is 16.2. The van der Waals surface area contributed by atoms with Gasteiger partial charge < -0.3 is 14.9 Å². The summed E-state index contributed by atoms with van der Waals surface area (Å²) in [5.74, 6) is 1.34. The Balaban J connectivity index is 1.68. The molecule has 0 aliphatic carbocycles. The van der Waals surface area contributed by atoms with Crippen molar-refractivity contribution in [3.05, 3.63) is 77.1 Å². The van der Waals surface area contributed by atoms with Crippen molar-refractivity contribution in [2.24, 2.45) is 0 Å². The summed E-state index contributed by atoms with van der Waals surface area (Å²) in [6.07, 6.45) is 0. The number of halogens is 2. The van der Waals surface area contributed by atoms with Gasteiger partial charge in [0.05, 0.1) is 23.2 Å². The largest absolute Gasteiger partial charge is 0.497 e. The van der Waals surface area contributed by atoms with E-state index in [1.165, 1.54) is 18.2 Å². The summed E-state index contributed by atoms with van der Waals surface area (Å²) in [6, 6.07) is 17.3. The molecule has 0 unspecified atom stereocenters. The molecule has 0 atom stereocenters. The van der Waals surface area contributed by atoms with Crippen LogP contribution in [-0.2, 0) is 0 Å². The molecular formula is C22H18ClFN4O2. The van der Waals surface area contributed by atoms with Crippen molar-refractivity contribution in [3.8, 4) is 11.5 Å². The average molecular weight is 425 g/mol. The normalized spacial score (nSPS) is 10.7. The van der Waals surface area contributed by atoms with Crippen molar-refractivity contribution in [3.63, 3.8) is 0 Å². The Bertz CT molecular complexity index is 1220. The SMILES string of the molecule is COc1cc(C)cc(Nc2nc3ccccc3nc2NOc2ccc(F)c(Cl)c2)c1. The third-order valence-electron chi connectivity index (χ3n) is 4.28. The third kappa shape index (κ3) is 4.36. The van der Waals surface area contributed by atoms with Crippen molar-refractivity contribution >= 4 is 40.0 Å². The van der Waals surface area contributed by atoms with Crippen molar-refractivity contribution in [1.82, 2.24) is 9.97 Å². The molecule has 152 valence electrons. The van der Waals surface area contributed by atoms with Gasteiger partial charge in [-0.05, 0) is 48.9 Å². The summed E-state index contributed by atoms with van der Waals surface area (Å²) >= 11 is 5.82. The number of aromatic nitrogens is 2. The molecule has 4 rings (SSSR count). The highest BCUT2D eigenvalue weighted by Gasteiger charge is 2.12. The quantitative estimate of drug-likeness (QED) is 0.376. The van der Waals surface area contributed by atoms with Crippen LogP contribution in [0, 0.1) is 12.7 Å². The number of rotatable bonds is 6. The zero-order chi connectivity index (χ0) is 21.1. The van der Waals surface area contributed by atoms with Gasteiger partial charge in [0.25, 0.3) is 0 Å². The lowest BCUT2D eigenvalue weighted by Crippen LogP contribution is -2.10. The van der Waals surface area contributed by atoms with E-state index in [4.69, 9.17) is 21.2 Å². The van der Waals surface area contributed by atoms with E-state index in [2.05, 4.69) is 20.8 Å². The van der Waals surface area contributed by atoms with Gasteiger partial charge in [-0.25, -0.2) is 19.8 Å². The topological polar surface area (TPSA) is 68.3 Å². The van der Waals surface area contributed by atoms with Crippen molar-refractivity contribution in [2.75, 3.05) is 17.9 Å². The Morgan fingerprint density at radius 1 is 0.900 bits per heavy atom. The summed E-state index contributed by atoms with van der Waals surface area (Å²) in [5.41, 5.74) is 6.00. The van der Waals surface area contributed by atoms with E-state index in [-0.39, 0.29) is 5.02 Å². The van der Waals surface area contributed by atoms with E-state index in [0.717, 1.165) is 22.5 Å². The first-order valence-corrected chi connectivity index (χ1v) is 9.47. The molecule has 0 amide bonds. The fourth-order valence-corrected chi connectivity index (χ4v) is 3.05. The molecule has 0 aliphatic rings. The highest BCUT2D eigenvalue weighted by Crippen LogP contribution is 2.29. The zero-order valence-corrected chi connectivity index (χ0v) is 17.0. The van der Waals surface area contributed by atoms with Crippen LogP contribution in [-0.4, -0.2) is 17.1 Å². The van der Waals surface area contributed by atoms with Crippen LogP contribution in [0.3, 0.4) is 0 Å². The predicted molar refractivity (Wildman–Crippen MR) is 116 cm³/mol. The fourth-order valence-electron chi connectivity index (χ4n) is 2.88. The number of anilines is 3. The molecule has 0 spiro atoms. The minimum Gasteiger partial charge on any atom is -0.497 e. The van der Waals surface area contributed by atoms with E-state index in [0.29, 0.717) is 22.9 Å². The van der Waals surface area contributed by atoms with Gasteiger partial charge in [0.1, 0.15) is 11.6 Å². The highest BCUT2D eigenvalue weighted by molar-refractivity contribution is 6.30. The molecule has 1 heterocycles. The molecule has 30 heavy (non-hydrogen) atoms. The van der Waals surface area contributed by atoms with Gasteiger partial charge in [0.2, 0.25) is 5.82 Å². The van der Waals surface area contributed by atoms with Gasteiger partial charge in [-0.3, -0.25) is 0 Å². The summed E-state index contributed by atoms with van der Waals surface area (Å²) in [7, 11) is 1.61. The molecule has 0 radical (unpaired) electrons. The van der Waals surface area contributed by atoms with Crippen molar-refractivity contribution < 1.29 is 14.0 Å². The number of fused-ring (bicyclic) bond motifs is 1. The van der Waals surface area contributed by atoms with Crippen LogP contribution in [0.1, 0.15) is 5.56 Å². The lowest BCUT2D eigenvalue weighted by Gasteiger charge is -2.15. The van der Waals surface area contributed by atoms with Gasteiger partial charge >= 0.3 is 0 Å². The predicted octanol–water partition coefficient (Wildman–Crippen LogP) is 5.89. The molecule has 0 aliphatic heterocycles. The smallest absolute Gasteiger partial charge is 0.204 e. The van der Waals surface area contributed by atoms with E-state index in [1.807, 2.05) is 49.4 Å². The van der Waals surface area contributed by atoms with Crippen LogP contribution in [0.25, 0.3) is 11.0 Å². The lowest BCUT2D eigenvalue weighted by atomic mass is 10.2. The molecule has 8 heteroatoms. The molecule has 0 bridgehead atoms. The number of para-hydroxylation sites is 2. The molecule has 4 aromatic rings. The van der Waals surface area contributed by atoms with Crippen LogP contribution in [0.15, 0.2) is 60.7 Å². The number of hydrogen-bond donors (Lipinski definition) is 2. The van der Waals surface area contributed by atoms with Gasteiger partial charge in [0, 0.05) is 17.8 Å². The van der Waals surface area contributed by atoms with E-state index >= 15 is 0 Å². The number of nitrogens with zero attached hydrogens (tertiary/aromatic N) is 2. The maximum Gasteiger partial charge on any atom is 0.204 e. The Morgan fingerprint density at radius 2 is 1.63 bits per heavy atom. The van der Waals surface area contributed by atoms with Crippen molar-refractivity contribution in [1.29, 1.82) is 0 Å². The second-order valence-corrected chi connectivity index (χ2v) is 6.96. The summed E-state index contributed by atoms with van der Waals surface area (Å²) < 4.78 is 18.7. The second kappa shape index (κ2) is 8.42. The van der Waals surface area contributed by atoms with Gasteiger partial charge in [-0.1, -0.05) is 23.7 Å². The average Bonchev–Trinajstić information content (AvgIpc) is 2.74. The number of hydrogen-bond acceptors (Lipinski definition) is 6. The Kier molecular flexibility index (Phi) is 5.54. The minimum absolute atomic E-state index is 0.0379. The number of ether oxygens (including phenoxy) is 1. The second-order valence-electron chi connectivity index (χ2n) is 6.55. The molecular weight excluding hydrogens is 407 g/mol. The first-order chi connectivity index (χ1) is 14.5. The molecule has 3 aromatic carbocycles. The molecule has 6 nitrogen and oxygen atoms in total. The van der Waals surface area contributed by atoms with Crippen LogP contribution in [0.5, 0.6) is 11.5 Å². The first-order valence-electron chi connectivity index (χ1n) is 9.09. The van der Waals surface area contributed by atoms with Crippen LogP contribution in [0.2, 0.25) is 5.02 Å². The maximum atomic E-state index is 13.4. The maximum absolute atomic E-state index is 13.4. The van der Waals surface area contributed by atoms with E-state index < -0.39 is 5.82 Å². The molecule has 0 saturated heterocycles. The van der Waals surface area contributed by atoms with Gasteiger partial charge in [-0.15, -0.1) is 0 Å². The minimum atomic E-state index is -0.523. The van der Waals surface area contributed by atoms with E-state index in [9.17, 15) is 4.39 Å². The molecule has 0 saturated carbocycles. The number of nitrogens with one attached hydrogen (secondary N) is 2. The fraction of sp³-hybridized carbons (Fsp3) is 0.0909. The van der Waals surface area contributed by atoms with E-state index in [1.54, 1.807) is 7.11 Å². The highest BCUT2D eigenvalue weighted by atomic mass is 35.5. The number of methoxy groups -OCH3 is 1. The van der Waals surface area contributed by atoms with Crippen LogP contribution in [0.4, 0.5) is 21.7 Å². The van der Waals surface area contributed by atoms with Gasteiger partial charge in [-0.2, -0.15) is 0 Å². The van der Waals surface area contributed by atoms with Gasteiger partial charge in [0.15, 0.2) is 11.6 Å². The lowest BCUT2D eigenvalue weighted by molar-refractivity contribution is 0.402. The number of aryl methyl sites for hydroxylation is 1. The van der Waals surface area contributed by atoms with Crippen LogP contribution < -0.4 is 20.4 Å². The molecule has 2 N–H and O–H groups in total. The molecule has 0 fully saturated rings. The third-order valence-corrected chi connectivity index (χ3v) is 4.57. The Hall–Kier alpha value is -3.58. The standard InChI is InChI=1S/C22H18ClFN4O2/c1-13-9-14(11-16(10-13)29-2)25-21-22(27-20-6-4-3-5-19(20)26-21)28-30-15-7-8-18(24)17(23)12-15/h3-12H,1-2H3,(H,25,26)(H,27,28). The summed E-state index contributed by atoms with van der Waals surface area (Å²) in [4.78, 5) is 14.8. The summed E-state index contributed by atoms with van der Waals surface area (Å²) in [5, 5.41) is 3.22. The number of benzene rings is 3. The van der Waals surface area contributed by atoms with Crippen LogP contribution >= 0.6 is 11.6 Å². The Labute approximate surface area is 177 Å². The molecule has 1 aromatic heterocycles. The van der Waals surface area contributed by atoms with Crippen molar-refractivity contribution in [2.45, 2.75) is 6.92 Å². The first kappa shape index (κ1) is 19.7.